The highest BCUT2D eigenvalue weighted by Gasteiger charge is 2.34. The normalized spacial score (nSPS) is 38.4. The van der Waals surface area contributed by atoms with Gasteiger partial charge in [0.15, 0.2) is 0 Å². The predicted molar refractivity (Wildman–Crippen MR) is 62.1 cm³/mol. The van der Waals surface area contributed by atoms with E-state index in [0.717, 1.165) is 0 Å². The Labute approximate surface area is 93.2 Å². The number of piperidine rings is 1. The molecule has 0 aromatic heterocycles. The monoisotopic (exact) mass is 212 g/mol. The molecule has 2 rings (SSSR count). The van der Waals surface area contributed by atoms with Crippen molar-refractivity contribution < 1.29 is 4.74 Å². The summed E-state index contributed by atoms with van der Waals surface area (Å²) in [6, 6.07) is 1.38. The standard InChI is InChI=1S/C12H24N2O/c1-13-10-5-4-8-14(9-10)11-6-3-7-12(11)15-2/h10-13H,3-9H2,1-2H3. The minimum absolute atomic E-state index is 0.487. The van der Waals surface area contributed by atoms with Gasteiger partial charge in [-0.15, -0.1) is 0 Å². The molecule has 1 saturated carbocycles. The zero-order chi connectivity index (χ0) is 10.7. The van der Waals surface area contributed by atoms with E-state index in [0.29, 0.717) is 18.2 Å². The van der Waals surface area contributed by atoms with Crippen LogP contribution in [0, 0.1) is 0 Å². The lowest BCUT2D eigenvalue weighted by Gasteiger charge is -2.38. The Balaban J connectivity index is 1.91. The molecule has 0 aromatic rings. The second-order valence-electron chi connectivity index (χ2n) is 4.90. The van der Waals surface area contributed by atoms with Crippen molar-refractivity contribution >= 4 is 0 Å². The molecular formula is C12H24N2O. The first kappa shape index (κ1) is 11.4. The lowest BCUT2D eigenvalue weighted by molar-refractivity contribution is 0.0200. The fourth-order valence-corrected chi connectivity index (χ4v) is 3.14. The van der Waals surface area contributed by atoms with Gasteiger partial charge in [0.05, 0.1) is 6.10 Å². The van der Waals surface area contributed by atoms with Gasteiger partial charge in [0.1, 0.15) is 0 Å². The van der Waals surface area contributed by atoms with Crippen LogP contribution in [0.4, 0.5) is 0 Å². The number of ether oxygens (including phenoxy) is 1. The van der Waals surface area contributed by atoms with E-state index in [2.05, 4.69) is 17.3 Å². The zero-order valence-corrected chi connectivity index (χ0v) is 10.0. The van der Waals surface area contributed by atoms with Gasteiger partial charge in [-0.2, -0.15) is 0 Å². The van der Waals surface area contributed by atoms with Crippen LogP contribution in [0.2, 0.25) is 0 Å². The van der Waals surface area contributed by atoms with Gasteiger partial charge < -0.3 is 10.1 Å². The van der Waals surface area contributed by atoms with Crippen LogP contribution in [0.15, 0.2) is 0 Å². The molecule has 2 aliphatic rings. The van der Waals surface area contributed by atoms with Crippen LogP contribution >= 0.6 is 0 Å². The molecule has 1 heterocycles. The van der Waals surface area contributed by atoms with Gasteiger partial charge in [-0.3, -0.25) is 4.90 Å². The van der Waals surface area contributed by atoms with E-state index in [1.54, 1.807) is 0 Å². The summed E-state index contributed by atoms with van der Waals surface area (Å²) in [5.74, 6) is 0. The van der Waals surface area contributed by atoms with Gasteiger partial charge in [-0.25, -0.2) is 0 Å². The summed E-state index contributed by atoms with van der Waals surface area (Å²) < 4.78 is 5.58. The number of nitrogens with one attached hydrogen (secondary N) is 1. The summed E-state index contributed by atoms with van der Waals surface area (Å²) in [6.07, 6.45) is 7.07. The van der Waals surface area contributed by atoms with Crippen LogP contribution in [0.3, 0.4) is 0 Å². The maximum atomic E-state index is 5.58. The van der Waals surface area contributed by atoms with Crippen LogP contribution < -0.4 is 5.32 Å². The molecular weight excluding hydrogens is 188 g/mol. The van der Waals surface area contributed by atoms with E-state index in [1.807, 2.05) is 7.11 Å². The Hall–Kier alpha value is -0.120. The molecule has 0 radical (unpaired) electrons. The van der Waals surface area contributed by atoms with E-state index in [1.165, 1.54) is 45.2 Å². The Morgan fingerprint density at radius 3 is 2.80 bits per heavy atom. The van der Waals surface area contributed by atoms with Gasteiger partial charge in [0.25, 0.3) is 0 Å². The molecule has 1 saturated heterocycles. The third-order valence-corrected chi connectivity index (χ3v) is 4.05. The van der Waals surface area contributed by atoms with Gasteiger partial charge in [-0.05, 0) is 45.7 Å². The van der Waals surface area contributed by atoms with Crippen LogP contribution in [0.25, 0.3) is 0 Å². The van der Waals surface area contributed by atoms with Gasteiger partial charge >= 0.3 is 0 Å². The fourth-order valence-electron chi connectivity index (χ4n) is 3.14. The number of hydrogen-bond donors (Lipinski definition) is 1. The molecule has 3 unspecified atom stereocenters. The van der Waals surface area contributed by atoms with Crippen molar-refractivity contribution in [2.45, 2.75) is 50.3 Å². The lowest BCUT2D eigenvalue weighted by atomic mass is 10.0. The topological polar surface area (TPSA) is 24.5 Å². The van der Waals surface area contributed by atoms with Gasteiger partial charge in [0.2, 0.25) is 0 Å². The highest BCUT2D eigenvalue weighted by atomic mass is 16.5. The fraction of sp³-hybridized carbons (Fsp3) is 1.00. The maximum absolute atomic E-state index is 5.58. The molecule has 88 valence electrons. The summed E-state index contributed by atoms with van der Waals surface area (Å²) in [6.45, 7) is 2.48. The highest BCUT2D eigenvalue weighted by Crippen LogP contribution is 2.28. The Kier molecular flexibility index (Phi) is 4.00. The summed E-state index contributed by atoms with van der Waals surface area (Å²) in [5, 5.41) is 3.41. The molecule has 0 bridgehead atoms. The van der Waals surface area contributed by atoms with Crippen molar-refractivity contribution in [2.75, 3.05) is 27.2 Å². The third kappa shape index (κ3) is 2.52. The number of hydrogen-bond acceptors (Lipinski definition) is 3. The van der Waals surface area contributed by atoms with Gasteiger partial charge in [0, 0.05) is 25.7 Å². The smallest absolute Gasteiger partial charge is 0.0726 e. The maximum Gasteiger partial charge on any atom is 0.0726 e. The minimum Gasteiger partial charge on any atom is -0.380 e. The van der Waals surface area contributed by atoms with Crippen LogP contribution in [0.5, 0.6) is 0 Å². The van der Waals surface area contributed by atoms with E-state index in [-0.39, 0.29) is 0 Å². The van der Waals surface area contributed by atoms with Crippen LogP contribution in [-0.2, 0) is 4.74 Å². The number of likely N-dealkylation sites (N-methyl/N-ethyl adjacent to an activating group) is 1. The van der Waals surface area contributed by atoms with E-state index in [9.17, 15) is 0 Å². The molecule has 1 N–H and O–H groups in total. The molecule has 1 aliphatic carbocycles. The van der Waals surface area contributed by atoms with Crippen LogP contribution in [-0.4, -0.2) is 50.3 Å². The molecule has 0 aromatic carbocycles. The van der Waals surface area contributed by atoms with Crippen molar-refractivity contribution in [2.24, 2.45) is 0 Å². The van der Waals surface area contributed by atoms with Crippen molar-refractivity contribution in [1.29, 1.82) is 0 Å². The molecule has 0 spiro atoms. The van der Waals surface area contributed by atoms with Crippen LogP contribution in [0.1, 0.15) is 32.1 Å². The van der Waals surface area contributed by atoms with Crippen molar-refractivity contribution in [3.8, 4) is 0 Å². The summed E-state index contributed by atoms with van der Waals surface area (Å²) in [4.78, 5) is 2.64. The number of methoxy groups -OCH3 is 1. The first-order chi connectivity index (χ1) is 7.35. The average molecular weight is 212 g/mol. The molecule has 2 fully saturated rings. The number of likely N-dealkylation sites (tertiary alicyclic amines) is 1. The largest absolute Gasteiger partial charge is 0.380 e. The Morgan fingerprint density at radius 1 is 1.20 bits per heavy atom. The van der Waals surface area contributed by atoms with E-state index < -0.39 is 0 Å². The second kappa shape index (κ2) is 5.28. The molecule has 3 heteroatoms. The van der Waals surface area contributed by atoms with E-state index in [4.69, 9.17) is 4.74 Å². The molecule has 3 atom stereocenters. The minimum atomic E-state index is 0.487. The molecule has 3 nitrogen and oxygen atoms in total. The van der Waals surface area contributed by atoms with Gasteiger partial charge in [-0.1, -0.05) is 0 Å². The summed E-state index contributed by atoms with van der Waals surface area (Å²) >= 11 is 0. The van der Waals surface area contributed by atoms with E-state index >= 15 is 0 Å². The molecule has 1 aliphatic heterocycles. The van der Waals surface area contributed by atoms with Crippen molar-refractivity contribution in [1.82, 2.24) is 10.2 Å². The zero-order valence-electron chi connectivity index (χ0n) is 10.0. The summed E-state index contributed by atoms with van der Waals surface area (Å²) in [5.41, 5.74) is 0. The first-order valence-electron chi connectivity index (χ1n) is 6.29. The first-order valence-corrected chi connectivity index (χ1v) is 6.29. The van der Waals surface area contributed by atoms with Crippen molar-refractivity contribution in [3.63, 3.8) is 0 Å². The second-order valence-corrected chi connectivity index (χ2v) is 4.90. The predicted octanol–water partition coefficient (Wildman–Crippen LogP) is 1.24. The molecule has 0 amide bonds. The summed E-state index contributed by atoms with van der Waals surface area (Å²) in [7, 11) is 3.94. The highest BCUT2D eigenvalue weighted by molar-refractivity contribution is 4.90. The lowest BCUT2D eigenvalue weighted by Crippen LogP contribution is -2.51. The third-order valence-electron chi connectivity index (χ3n) is 4.05. The number of nitrogens with zero attached hydrogens (tertiary/aromatic N) is 1. The van der Waals surface area contributed by atoms with Crippen molar-refractivity contribution in [3.05, 3.63) is 0 Å². The Bertz CT molecular complexity index is 198. The number of rotatable bonds is 3. The average Bonchev–Trinajstić information content (AvgIpc) is 2.77. The molecule has 15 heavy (non-hydrogen) atoms. The SMILES string of the molecule is CNC1CCCN(C2CCCC2OC)C1. The Morgan fingerprint density at radius 2 is 2.07 bits per heavy atom. The quantitative estimate of drug-likeness (QED) is 0.762.